The molecule has 2 aromatic carbocycles. The van der Waals surface area contributed by atoms with Crippen LogP contribution in [0.25, 0.3) is 0 Å². The first-order chi connectivity index (χ1) is 11.8. The van der Waals surface area contributed by atoms with E-state index in [-0.39, 0.29) is 6.79 Å². The smallest absolute Gasteiger partial charge is 0.335 e. The molecular weight excluding hydrogens is 310 g/mol. The Labute approximate surface area is 138 Å². The number of benzene rings is 2. The maximum absolute atomic E-state index is 12.1. The van der Waals surface area contributed by atoms with Crippen LogP contribution in [0.15, 0.2) is 53.5 Å². The number of methoxy groups -OCH3 is 1. The van der Waals surface area contributed by atoms with Crippen LogP contribution >= 0.6 is 0 Å². The van der Waals surface area contributed by atoms with Crippen molar-refractivity contribution in [2.75, 3.05) is 13.9 Å². The number of esters is 1. The van der Waals surface area contributed by atoms with Crippen LogP contribution in [-0.4, -0.2) is 31.8 Å². The zero-order valence-corrected chi connectivity index (χ0v) is 13.0. The lowest BCUT2D eigenvalue weighted by atomic mass is 10.0. The van der Waals surface area contributed by atoms with Crippen LogP contribution in [0.5, 0.6) is 11.5 Å². The van der Waals surface area contributed by atoms with Gasteiger partial charge in [0.25, 0.3) is 0 Å². The number of carbonyl (C=O) groups is 1. The third kappa shape index (κ3) is 2.46. The zero-order valence-electron chi connectivity index (χ0n) is 13.0. The Morgan fingerprint density at radius 1 is 1.12 bits per heavy atom. The second kappa shape index (κ2) is 5.88. The van der Waals surface area contributed by atoms with E-state index in [2.05, 4.69) is 4.99 Å². The van der Waals surface area contributed by atoms with E-state index >= 15 is 0 Å². The topological polar surface area (TPSA) is 66.4 Å². The molecule has 122 valence electrons. The second-order valence-electron chi connectivity index (χ2n) is 5.42. The van der Waals surface area contributed by atoms with E-state index < -0.39 is 18.1 Å². The number of carbonyl (C=O) groups excluding carboxylic acids is 1. The summed E-state index contributed by atoms with van der Waals surface area (Å²) in [5.74, 6) is 1.29. The third-order valence-electron chi connectivity index (χ3n) is 3.97. The van der Waals surface area contributed by atoms with Gasteiger partial charge >= 0.3 is 5.97 Å². The molecule has 2 aliphatic heterocycles. The normalized spacial score (nSPS) is 21.1. The molecule has 2 aromatic rings. The summed E-state index contributed by atoms with van der Waals surface area (Å²) in [5.41, 5.74) is 1.60. The van der Waals surface area contributed by atoms with E-state index in [1.165, 1.54) is 7.11 Å². The van der Waals surface area contributed by atoms with Crippen molar-refractivity contribution in [1.29, 1.82) is 0 Å². The summed E-state index contributed by atoms with van der Waals surface area (Å²) in [6.07, 6.45) is -0.567. The quantitative estimate of drug-likeness (QED) is 0.811. The summed E-state index contributed by atoms with van der Waals surface area (Å²) in [6, 6.07) is 14.2. The van der Waals surface area contributed by atoms with Gasteiger partial charge in [0.15, 0.2) is 23.6 Å². The van der Waals surface area contributed by atoms with Crippen LogP contribution < -0.4 is 9.47 Å². The molecule has 0 aliphatic carbocycles. The van der Waals surface area contributed by atoms with Crippen molar-refractivity contribution in [3.63, 3.8) is 0 Å². The molecule has 24 heavy (non-hydrogen) atoms. The van der Waals surface area contributed by atoms with Gasteiger partial charge in [0.2, 0.25) is 12.7 Å². The summed E-state index contributed by atoms with van der Waals surface area (Å²) in [5, 5.41) is 0. The predicted molar refractivity (Wildman–Crippen MR) is 85.2 cm³/mol. The standard InChI is InChI=1S/C18H15NO5/c1-21-18(20)15-16(12-7-8-13-14(9-12)23-10-22-13)24-17(19-15)11-5-3-2-4-6-11/h2-9,15-16H,10H2,1H3/t15-,16+/m0/s1. The van der Waals surface area contributed by atoms with Gasteiger partial charge in [-0.05, 0) is 29.8 Å². The lowest BCUT2D eigenvalue weighted by Crippen LogP contribution is -2.25. The Morgan fingerprint density at radius 2 is 1.92 bits per heavy atom. The summed E-state index contributed by atoms with van der Waals surface area (Å²) in [6.45, 7) is 0.191. The summed E-state index contributed by atoms with van der Waals surface area (Å²) < 4.78 is 21.6. The summed E-state index contributed by atoms with van der Waals surface area (Å²) in [7, 11) is 1.34. The van der Waals surface area contributed by atoms with Gasteiger partial charge in [-0.25, -0.2) is 9.79 Å². The molecule has 0 bridgehead atoms. The third-order valence-corrected chi connectivity index (χ3v) is 3.97. The van der Waals surface area contributed by atoms with Gasteiger partial charge in [-0.15, -0.1) is 0 Å². The average Bonchev–Trinajstić information content (AvgIpc) is 3.28. The minimum Gasteiger partial charge on any atom is -0.467 e. The number of hydrogen-bond donors (Lipinski definition) is 0. The van der Waals surface area contributed by atoms with Crippen molar-refractivity contribution in [1.82, 2.24) is 0 Å². The monoisotopic (exact) mass is 325 g/mol. The SMILES string of the molecule is COC(=O)[C@H]1N=C(c2ccccc2)O[C@@H]1c1ccc2c(c1)OCO2. The Balaban J connectivity index is 1.68. The van der Waals surface area contributed by atoms with Gasteiger partial charge in [0, 0.05) is 5.56 Å². The van der Waals surface area contributed by atoms with E-state index in [0.717, 1.165) is 11.1 Å². The molecule has 2 aliphatic rings. The van der Waals surface area contributed by atoms with Crippen molar-refractivity contribution in [2.45, 2.75) is 12.1 Å². The fourth-order valence-electron chi connectivity index (χ4n) is 2.77. The zero-order chi connectivity index (χ0) is 16.5. The minimum atomic E-state index is -0.759. The fraction of sp³-hybridized carbons (Fsp3) is 0.222. The molecule has 0 unspecified atom stereocenters. The highest BCUT2D eigenvalue weighted by atomic mass is 16.7. The highest BCUT2D eigenvalue weighted by Gasteiger charge is 2.39. The van der Waals surface area contributed by atoms with Crippen molar-refractivity contribution in [2.24, 2.45) is 4.99 Å². The van der Waals surface area contributed by atoms with Crippen molar-refractivity contribution in [3.8, 4) is 11.5 Å². The first-order valence-corrected chi connectivity index (χ1v) is 7.53. The first-order valence-electron chi connectivity index (χ1n) is 7.53. The number of aliphatic imine (C=N–C) groups is 1. The van der Waals surface area contributed by atoms with Crippen LogP contribution in [0, 0.1) is 0 Å². The largest absolute Gasteiger partial charge is 0.467 e. The molecule has 0 fully saturated rings. The van der Waals surface area contributed by atoms with Crippen LogP contribution in [0.2, 0.25) is 0 Å². The van der Waals surface area contributed by atoms with E-state index in [9.17, 15) is 4.79 Å². The maximum Gasteiger partial charge on any atom is 0.335 e. The molecule has 0 saturated heterocycles. The molecule has 0 spiro atoms. The summed E-state index contributed by atoms with van der Waals surface area (Å²) in [4.78, 5) is 16.6. The van der Waals surface area contributed by atoms with E-state index in [4.69, 9.17) is 18.9 Å². The number of ether oxygens (including phenoxy) is 4. The van der Waals surface area contributed by atoms with Crippen LogP contribution in [0.1, 0.15) is 17.2 Å². The molecule has 0 aromatic heterocycles. The molecule has 0 radical (unpaired) electrons. The van der Waals surface area contributed by atoms with Crippen molar-refractivity contribution in [3.05, 3.63) is 59.7 Å². The highest BCUT2D eigenvalue weighted by molar-refractivity contribution is 5.98. The first kappa shape index (κ1) is 14.6. The number of hydrogen-bond acceptors (Lipinski definition) is 6. The Bertz CT molecular complexity index is 802. The molecule has 6 nitrogen and oxygen atoms in total. The molecule has 0 amide bonds. The van der Waals surface area contributed by atoms with Crippen LogP contribution in [-0.2, 0) is 14.3 Å². The number of nitrogens with zero attached hydrogens (tertiary/aromatic N) is 1. The molecule has 0 saturated carbocycles. The van der Waals surface area contributed by atoms with Crippen molar-refractivity contribution >= 4 is 11.9 Å². The minimum absolute atomic E-state index is 0.191. The van der Waals surface area contributed by atoms with Crippen LogP contribution in [0.3, 0.4) is 0 Å². The second-order valence-corrected chi connectivity index (χ2v) is 5.42. The van der Waals surface area contributed by atoms with Crippen molar-refractivity contribution < 1.29 is 23.7 Å². The average molecular weight is 325 g/mol. The number of rotatable bonds is 3. The lowest BCUT2D eigenvalue weighted by Gasteiger charge is -2.17. The molecular formula is C18H15NO5. The van der Waals surface area contributed by atoms with Gasteiger partial charge < -0.3 is 18.9 Å². The molecule has 0 N–H and O–H groups in total. The van der Waals surface area contributed by atoms with Crippen LogP contribution in [0.4, 0.5) is 0 Å². The van der Waals surface area contributed by atoms with E-state index in [1.54, 1.807) is 6.07 Å². The molecule has 2 atom stereocenters. The number of fused-ring (bicyclic) bond motifs is 1. The van der Waals surface area contributed by atoms with Gasteiger partial charge in [-0.1, -0.05) is 24.3 Å². The Morgan fingerprint density at radius 3 is 2.71 bits per heavy atom. The highest BCUT2D eigenvalue weighted by Crippen LogP contribution is 2.38. The summed E-state index contributed by atoms with van der Waals surface area (Å²) >= 11 is 0. The Kier molecular flexibility index (Phi) is 3.57. The van der Waals surface area contributed by atoms with E-state index in [0.29, 0.717) is 17.4 Å². The fourth-order valence-corrected chi connectivity index (χ4v) is 2.77. The van der Waals surface area contributed by atoms with E-state index in [1.807, 2.05) is 42.5 Å². The van der Waals surface area contributed by atoms with Gasteiger partial charge in [-0.3, -0.25) is 0 Å². The Hall–Kier alpha value is -3.02. The maximum atomic E-state index is 12.1. The van der Waals surface area contributed by atoms with Gasteiger partial charge in [-0.2, -0.15) is 0 Å². The molecule has 6 heteroatoms. The predicted octanol–water partition coefficient (Wildman–Crippen LogP) is 2.48. The molecule has 4 rings (SSSR count). The lowest BCUT2D eigenvalue weighted by molar-refractivity contribution is -0.143. The molecule has 2 heterocycles. The van der Waals surface area contributed by atoms with Gasteiger partial charge in [0.1, 0.15) is 0 Å². The van der Waals surface area contributed by atoms with Gasteiger partial charge in [0.05, 0.1) is 7.11 Å².